The Morgan fingerprint density at radius 2 is 1.64 bits per heavy atom. The number of ether oxygens (including phenoxy) is 2. The van der Waals surface area contributed by atoms with E-state index in [1.807, 2.05) is 37.3 Å². The lowest BCUT2D eigenvalue weighted by Crippen LogP contribution is -2.53. The molecular weight excluding hydrogens is 601 g/mol. The fraction of sp³-hybridized carbons (Fsp3) is 0.333. The topological polar surface area (TPSA) is 105 Å². The SMILES string of the molecule is CCCNC(=O)[C@@H](Cc1ccccc1)N(Cc1ccc(Cl)cc1Cl)C(=O)CN(c1ccc(OC)c(OC)c1)S(C)(=O)=O. The molecule has 0 saturated carbocycles. The third-order valence-electron chi connectivity index (χ3n) is 6.51. The summed E-state index contributed by atoms with van der Waals surface area (Å²) in [6, 6.07) is 17.7. The number of anilines is 1. The lowest BCUT2D eigenvalue weighted by Gasteiger charge is -2.33. The van der Waals surface area contributed by atoms with Crippen LogP contribution in [0.3, 0.4) is 0 Å². The van der Waals surface area contributed by atoms with E-state index in [2.05, 4.69) is 5.32 Å². The molecular formula is C30H35Cl2N3O6S. The van der Waals surface area contributed by atoms with Gasteiger partial charge in [-0.1, -0.05) is 66.5 Å². The van der Waals surface area contributed by atoms with Crippen molar-refractivity contribution in [3.05, 3.63) is 87.9 Å². The molecule has 2 amide bonds. The average molecular weight is 637 g/mol. The molecule has 0 spiro atoms. The molecule has 1 N–H and O–H groups in total. The van der Waals surface area contributed by atoms with Crippen LogP contribution >= 0.6 is 23.2 Å². The zero-order valence-corrected chi connectivity index (χ0v) is 26.3. The van der Waals surface area contributed by atoms with Gasteiger partial charge in [0.1, 0.15) is 12.6 Å². The second kappa shape index (κ2) is 15.1. The molecule has 0 saturated heterocycles. The minimum Gasteiger partial charge on any atom is -0.493 e. The molecule has 3 rings (SSSR count). The van der Waals surface area contributed by atoms with Crippen molar-refractivity contribution in [2.45, 2.75) is 32.4 Å². The van der Waals surface area contributed by atoms with Crippen molar-refractivity contribution < 1.29 is 27.5 Å². The first kappa shape index (κ1) is 33.0. The summed E-state index contributed by atoms with van der Waals surface area (Å²) in [5.74, 6) is -0.276. The fourth-order valence-corrected chi connectivity index (χ4v) is 5.66. The Labute approximate surface area is 257 Å². The standard InChI is InChI=1S/C30H35Cl2N3O6S/c1-5-15-33-30(37)26(16-21-9-7-6-8-10-21)34(19-22-11-12-23(31)17-25(22)32)29(36)20-35(42(4,38)39)24-13-14-27(40-2)28(18-24)41-3/h6-14,17-18,26H,5,15-16,19-20H2,1-4H3,(H,33,37)/t26-/m1/s1. The highest BCUT2D eigenvalue weighted by atomic mass is 35.5. The van der Waals surface area contributed by atoms with Gasteiger partial charge >= 0.3 is 0 Å². The van der Waals surface area contributed by atoms with Crippen LogP contribution in [0.25, 0.3) is 0 Å². The van der Waals surface area contributed by atoms with Gasteiger partial charge in [0.2, 0.25) is 21.8 Å². The molecule has 3 aromatic carbocycles. The van der Waals surface area contributed by atoms with Crippen LogP contribution in [-0.2, 0) is 32.6 Å². The quantitative estimate of drug-likeness (QED) is 0.269. The van der Waals surface area contributed by atoms with Crippen molar-refractivity contribution >= 4 is 50.7 Å². The summed E-state index contributed by atoms with van der Waals surface area (Å²) in [6.07, 6.45) is 1.90. The highest BCUT2D eigenvalue weighted by Gasteiger charge is 2.33. The molecule has 226 valence electrons. The molecule has 0 radical (unpaired) electrons. The average Bonchev–Trinajstić information content (AvgIpc) is 2.96. The molecule has 0 unspecified atom stereocenters. The Kier molecular flexibility index (Phi) is 11.9. The highest BCUT2D eigenvalue weighted by Crippen LogP contribution is 2.33. The van der Waals surface area contributed by atoms with E-state index in [0.717, 1.165) is 16.1 Å². The molecule has 0 aliphatic carbocycles. The fourth-order valence-electron chi connectivity index (χ4n) is 4.35. The van der Waals surface area contributed by atoms with E-state index in [9.17, 15) is 18.0 Å². The minimum atomic E-state index is -3.95. The van der Waals surface area contributed by atoms with Gasteiger partial charge in [-0.05, 0) is 41.8 Å². The molecule has 9 nitrogen and oxygen atoms in total. The Balaban J connectivity index is 2.09. The van der Waals surface area contributed by atoms with E-state index in [1.165, 1.54) is 31.3 Å². The van der Waals surface area contributed by atoms with Crippen molar-refractivity contribution in [1.82, 2.24) is 10.2 Å². The predicted molar refractivity (Wildman–Crippen MR) is 166 cm³/mol. The number of amides is 2. The maximum atomic E-state index is 14.2. The minimum absolute atomic E-state index is 0.0601. The number of methoxy groups -OCH3 is 2. The van der Waals surface area contributed by atoms with Gasteiger partial charge in [0.25, 0.3) is 0 Å². The maximum Gasteiger partial charge on any atom is 0.244 e. The number of halogens is 2. The third-order valence-corrected chi connectivity index (χ3v) is 8.24. The van der Waals surface area contributed by atoms with Gasteiger partial charge in [0, 0.05) is 35.6 Å². The lowest BCUT2D eigenvalue weighted by atomic mass is 10.0. The molecule has 0 aliphatic heterocycles. The summed E-state index contributed by atoms with van der Waals surface area (Å²) in [6.45, 7) is 1.70. The van der Waals surface area contributed by atoms with Crippen molar-refractivity contribution in [3.8, 4) is 11.5 Å². The number of benzene rings is 3. The Morgan fingerprint density at radius 1 is 0.952 bits per heavy atom. The van der Waals surface area contributed by atoms with E-state index in [4.69, 9.17) is 32.7 Å². The molecule has 12 heteroatoms. The summed E-state index contributed by atoms with van der Waals surface area (Å²) >= 11 is 12.6. The van der Waals surface area contributed by atoms with Gasteiger partial charge < -0.3 is 19.7 Å². The number of hydrogen-bond donors (Lipinski definition) is 1. The van der Waals surface area contributed by atoms with Crippen molar-refractivity contribution in [1.29, 1.82) is 0 Å². The van der Waals surface area contributed by atoms with Gasteiger partial charge in [0.15, 0.2) is 11.5 Å². The Hall–Kier alpha value is -3.47. The molecule has 3 aromatic rings. The van der Waals surface area contributed by atoms with E-state index >= 15 is 0 Å². The maximum absolute atomic E-state index is 14.2. The van der Waals surface area contributed by atoms with Gasteiger partial charge in [-0.15, -0.1) is 0 Å². The summed E-state index contributed by atoms with van der Waals surface area (Å²) in [7, 11) is -1.06. The second-order valence-corrected chi connectivity index (χ2v) is 12.3. The van der Waals surface area contributed by atoms with Crippen molar-refractivity contribution in [2.75, 3.05) is 37.9 Å². The van der Waals surface area contributed by atoms with Crippen molar-refractivity contribution in [3.63, 3.8) is 0 Å². The number of carbonyl (C=O) groups is 2. The first-order chi connectivity index (χ1) is 20.0. The number of nitrogens with zero attached hydrogens (tertiary/aromatic N) is 2. The predicted octanol–water partition coefficient (Wildman–Crippen LogP) is 4.94. The third kappa shape index (κ3) is 8.77. The highest BCUT2D eigenvalue weighted by molar-refractivity contribution is 7.92. The molecule has 0 aromatic heterocycles. The Bertz CT molecular complexity index is 1490. The van der Waals surface area contributed by atoms with Crippen LogP contribution in [0.5, 0.6) is 11.5 Å². The zero-order valence-electron chi connectivity index (χ0n) is 24.0. The van der Waals surface area contributed by atoms with Gasteiger partial charge in [0.05, 0.1) is 26.2 Å². The summed E-state index contributed by atoms with van der Waals surface area (Å²) < 4.78 is 37.6. The van der Waals surface area contributed by atoms with E-state index < -0.39 is 28.5 Å². The number of nitrogens with one attached hydrogen (secondary N) is 1. The van der Waals surface area contributed by atoms with Crippen LogP contribution in [0.15, 0.2) is 66.7 Å². The van der Waals surface area contributed by atoms with Crippen molar-refractivity contribution in [2.24, 2.45) is 0 Å². The molecule has 1 atom stereocenters. The number of rotatable bonds is 14. The number of hydrogen-bond acceptors (Lipinski definition) is 6. The summed E-state index contributed by atoms with van der Waals surface area (Å²) in [4.78, 5) is 29.1. The lowest BCUT2D eigenvalue weighted by molar-refractivity contribution is -0.140. The zero-order chi connectivity index (χ0) is 30.9. The van der Waals surface area contributed by atoms with Crippen LogP contribution in [0, 0.1) is 0 Å². The first-order valence-corrected chi connectivity index (χ1v) is 15.8. The smallest absolute Gasteiger partial charge is 0.244 e. The van der Waals surface area contributed by atoms with Crippen LogP contribution in [0.4, 0.5) is 5.69 Å². The normalized spacial score (nSPS) is 11.9. The molecule has 0 bridgehead atoms. The Morgan fingerprint density at radius 3 is 2.24 bits per heavy atom. The molecule has 0 fully saturated rings. The van der Waals surface area contributed by atoms with E-state index in [-0.39, 0.29) is 24.6 Å². The van der Waals surface area contributed by atoms with Crippen LogP contribution in [-0.4, -0.2) is 64.7 Å². The van der Waals surface area contributed by atoms with Crippen LogP contribution < -0.4 is 19.1 Å². The summed E-state index contributed by atoms with van der Waals surface area (Å²) in [5.41, 5.74) is 1.57. The monoisotopic (exact) mass is 635 g/mol. The van der Waals surface area contributed by atoms with Gasteiger partial charge in [-0.2, -0.15) is 0 Å². The molecule has 0 aliphatic rings. The molecule has 42 heavy (non-hydrogen) atoms. The van der Waals surface area contributed by atoms with Gasteiger partial charge in [-0.3, -0.25) is 13.9 Å². The largest absolute Gasteiger partial charge is 0.493 e. The first-order valence-electron chi connectivity index (χ1n) is 13.2. The van der Waals surface area contributed by atoms with E-state index in [1.54, 1.807) is 24.3 Å². The van der Waals surface area contributed by atoms with Gasteiger partial charge in [-0.25, -0.2) is 8.42 Å². The molecule has 0 heterocycles. The second-order valence-electron chi connectivity index (χ2n) is 9.56. The number of carbonyl (C=O) groups excluding carboxylic acids is 2. The van der Waals surface area contributed by atoms with Crippen LogP contribution in [0.2, 0.25) is 10.0 Å². The van der Waals surface area contributed by atoms with Crippen LogP contribution in [0.1, 0.15) is 24.5 Å². The summed E-state index contributed by atoms with van der Waals surface area (Å²) in [5, 5.41) is 3.62. The van der Waals surface area contributed by atoms with E-state index in [0.29, 0.717) is 40.1 Å². The number of sulfonamides is 1.